The molecule has 4 nitrogen and oxygen atoms in total. The minimum absolute atomic E-state index is 0.765. The van der Waals surface area contributed by atoms with Gasteiger partial charge in [-0.3, -0.25) is 0 Å². The Hall–Kier alpha value is -0.900. The van der Waals surface area contributed by atoms with Crippen molar-refractivity contribution in [2.45, 2.75) is 13.8 Å². The van der Waals surface area contributed by atoms with Gasteiger partial charge in [0.1, 0.15) is 5.75 Å². The van der Waals surface area contributed by atoms with E-state index < -0.39 is 6.49 Å². The molecule has 6 heteroatoms. The van der Waals surface area contributed by atoms with E-state index in [-0.39, 0.29) is 0 Å². The minimum Gasteiger partial charge on any atom is -0.497 e. The van der Waals surface area contributed by atoms with Gasteiger partial charge in [0.2, 0.25) is 0 Å². The van der Waals surface area contributed by atoms with E-state index in [2.05, 4.69) is 5.16 Å². The first-order chi connectivity index (χ1) is 8.01. The van der Waals surface area contributed by atoms with Crippen LogP contribution in [0, 0.1) is 0 Å². The molecule has 0 spiro atoms. The summed E-state index contributed by atoms with van der Waals surface area (Å²) in [5, 5.41) is 4.70. The third-order valence-electron chi connectivity index (χ3n) is 1.96. The smallest absolute Gasteiger partial charge is 0.295 e. The number of oxime groups is 1. The van der Waals surface area contributed by atoms with Gasteiger partial charge < -0.3 is 13.9 Å². The summed E-state index contributed by atoms with van der Waals surface area (Å²) in [7, 11) is 3.15. The Labute approximate surface area is 107 Å². The van der Waals surface area contributed by atoms with Gasteiger partial charge in [-0.1, -0.05) is 5.16 Å². The van der Waals surface area contributed by atoms with Crippen LogP contribution in [0.3, 0.4) is 0 Å². The highest BCUT2D eigenvalue weighted by Gasteiger charge is 2.22. The van der Waals surface area contributed by atoms with Crippen LogP contribution in [0.15, 0.2) is 29.4 Å². The first kappa shape index (κ1) is 14.2. The number of rotatable bonds is 5. The van der Waals surface area contributed by atoms with Crippen molar-refractivity contribution in [3.05, 3.63) is 24.3 Å². The van der Waals surface area contributed by atoms with Crippen molar-refractivity contribution in [3.8, 4) is 5.75 Å². The van der Waals surface area contributed by atoms with E-state index in [1.54, 1.807) is 7.11 Å². The number of nitrogens with zero attached hydrogens (tertiary/aromatic N) is 1. The summed E-state index contributed by atoms with van der Waals surface area (Å²) in [5.41, 5.74) is 0.796. The zero-order valence-corrected chi connectivity index (χ0v) is 12.0. The molecule has 0 saturated carbocycles. The molecule has 0 saturated heterocycles. The highest BCUT2D eigenvalue weighted by Crippen LogP contribution is 2.47. The quantitative estimate of drug-likeness (QED) is 0.470. The lowest BCUT2D eigenvalue weighted by atomic mass is 10.3. The standard InChI is InChI=1S/C11H16NO3PS/c1-9(2)12-15-16(17,14-4)11-7-5-10(13-3)6-8-11/h5-8H,1-4H3. The fraction of sp³-hybridized carbons (Fsp3) is 0.364. The topological polar surface area (TPSA) is 40.0 Å². The first-order valence-electron chi connectivity index (χ1n) is 5.02. The number of methoxy groups -OCH3 is 1. The molecule has 0 bridgehead atoms. The predicted octanol–water partition coefficient (Wildman–Crippen LogP) is 2.69. The molecule has 1 unspecified atom stereocenters. The van der Waals surface area contributed by atoms with Gasteiger partial charge >= 0.3 is 0 Å². The van der Waals surface area contributed by atoms with Crippen molar-refractivity contribution >= 4 is 29.3 Å². The zero-order chi connectivity index (χ0) is 12.9. The Morgan fingerprint density at radius 3 is 2.18 bits per heavy atom. The van der Waals surface area contributed by atoms with E-state index >= 15 is 0 Å². The van der Waals surface area contributed by atoms with Crippen LogP contribution >= 0.6 is 6.49 Å². The van der Waals surface area contributed by atoms with E-state index in [1.165, 1.54) is 7.11 Å². The molecule has 17 heavy (non-hydrogen) atoms. The van der Waals surface area contributed by atoms with Crippen LogP contribution in [0.2, 0.25) is 0 Å². The van der Waals surface area contributed by atoms with E-state index in [4.69, 9.17) is 25.7 Å². The number of benzene rings is 1. The lowest BCUT2D eigenvalue weighted by Crippen LogP contribution is -2.07. The van der Waals surface area contributed by atoms with Crippen molar-refractivity contribution in [3.63, 3.8) is 0 Å². The normalized spacial score (nSPS) is 13.6. The summed E-state index contributed by atoms with van der Waals surface area (Å²) in [4.78, 5) is 0. The molecule has 0 fully saturated rings. The Kier molecular flexibility index (Phi) is 5.12. The maximum Gasteiger partial charge on any atom is 0.295 e. The SMILES string of the molecule is COc1ccc(P(=S)(OC)ON=C(C)C)cc1. The van der Waals surface area contributed by atoms with Crippen LogP contribution in [0.1, 0.15) is 13.8 Å². The molecule has 0 aliphatic rings. The van der Waals surface area contributed by atoms with E-state index in [0.717, 1.165) is 16.8 Å². The molecule has 1 rings (SSSR count). The molecule has 0 aromatic heterocycles. The largest absolute Gasteiger partial charge is 0.497 e. The molecule has 1 atom stereocenters. The number of ether oxygens (including phenoxy) is 1. The predicted molar refractivity (Wildman–Crippen MR) is 73.8 cm³/mol. The van der Waals surface area contributed by atoms with Crippen LogP contribution in [0.4, 0.5) is 0 Å². The maximum atomic E-state index is 5.39. The van der Waals surface area contributed by atoms with Gasteiger partial charge in [0, 0.05) is 12.4 Å². The average Bonchev–Trinajstić information content (AvgIpc) is 2.36. The minimum atomic E-state index is -2.55. The molecule has 0 aliphatic carbocycles. The van der Waals surface area contributed by atoms with Gasteiger partial charge in [0.05, 0.1) is 12.8 Å². The molecular weight excluding hydrogens is 257 g/mol. The average molecular weight is 273 g/mol. The molecule has 1 aromatic rings. The zero-order valence-electron chi connectivity index (χ0n) is 10.3. The van der Waals surface area contributed by atoms with E-state index in [0.29, 0.717) is 0 Å². The van der Waals surface area contributed by atoms with Gasteiger partial charge in [-0.25, -0.2) is 0 Å². The van der Waals surface area contributed by atoms with Gasteiger partial charge in [-0.2, -0.15) is 0 Å². The Morgan fingerprint density at radius 2 is 1.76 bits per heavy atom. The Bertz CT molecular complexity index is 441. The van der Waals surface area contributed by atoms with E-state index in [1.807, 2.05) is 38.1 Å². The summed E-state index contributed by atoms with van der Waals surface area (Å²) in [5.74, 6) is 0.765. The van der Waals surface area contributed by atoms with E-state index in [9.17, 15) is 0 Å². The highest BCUT2D eigenvalue weighted by atomic mass is 32.5. The van der Waals surface area contributed by atoms with Crippen LogP contribution in [-0.2, 0) is 21.0 Å². The molecule has 1 aromatic carbocycles. The molecule has 0 aliphatic heterocycles. The van der Waals surface area contributed by atoms with Crippen LogP contribution in [0.25, 0.3) is 0 Å². The Morgan fingerprint density at radius 1 is 1.18 bits per heavy atom. The molecule has 94 valence electrons. The number of hydrogen-bond donors (Lipinski definition) is 0. The van der Waals surface area contributed by atoms with Crippen molar-refractivity contribution in [2.24, 2.45) is 5.16 Å². The van der Waals surface area contributed by atoms with Gasteiger partial charge in [0.25, 0.3) is 6.49 Å². The lowest BCUT2D eigenvalue weighted by molar-refractivity contribution is 0.303. The van der Waals surface area contributed by atoms with Crippen LogP contribution in [0.5, 0.6) is 5.75 Å². The summed E-state index contributed by atoms with van der Waals surface area (Å²) >= 11 is 5.39. The molecule has 0 N–H and O–H groups in total. The first-order valence-corrected chi connectivity index (χ1v) is 7.66. The third kappa shape index (κ3) is 3.80. The van der Waals surface area contributed by atoms with Crippen molar-refractivity contribution < 1.29 is 13.9 Å². The molecule has 0 heterocycles. The summed E-state index contributed by atoms with van der Waals surface area (Å²) in [6.45, 7) is 1.13. The van der Waals surface area contributed by atoms with Crippen LogP contribution in [-0.4, -0.2) is 19.9 Å². The highest BCUT2D eigenvalue weighted by molar-refractivity contribution is 8.13. The van der Waals surface area contributed by atoms with Crippen molar-refractivity contribution in [2.75, 3.05) is 14.2 Å². The molecule has 0 radical (unpaired) electrons. The summed E-state index contributed by atoms with van der Waals surface area (Å²) in [6, 6.07) is 7.32. The fourth-order valence-electron chi connectivity index (χ4n) is 1.09. The second-order valence-corrected chi connectivity index (χ2v) is 6.98. The Balaban J connectivity index is 2.99. The third-order valence-corrected chi connectivity index (χ3v) is 4.95. The number of hydrogen-bond acceptors (Lipinski definition) is 5. The lowest BCUT2D eigenvalue weighted by Gasteiger charge is -2.17. The summed E-state index contributed by atoms with van der Waals surface area (Å²) in [6.07, 6.45) is 0. The van der Waals surface area contributed by atoms with Crippen molar-refractivity contribution in [1.82, 2.24) is 0 Å². The maximum absolute atomic E-state index is 5.39. The van der Waals surface area contributed by atoms with Crippen LogP contribution < -0.4 is 10.0 Å². The molecule has 0 amide bonds. The molecular formula is C11H16NO3PS. The second-order valence-electron chi connectivity index (χ2n) is 3.50. The van der Waals surface area contributed by atoms with Gasteiger partial charge in [-0.15, -0.1) is 0 Å². The fourth-order valence-corrected chi connectivity index (χ4v) is 2.71. The summed E-state index contributed by atoms with van der Waals surface area (Å²) < 4.78 is 15.7. The monoisotopic (exact) mass is 273 g/mol. The van der Waals surface area contributed by atoms with Gasteiger partial charge in [0.15, 0.2) is 0 Å². The second kappa shape index (κ2) is 6.15. The van der Waals surface area contributed by atoms with Gasteiger partial charge in [-0.05, 0) is 49.9 Å². The van der Waals surface area contributed by atoms with Crippen molar-refractivity contribution in [1.29, 1.82) is 0 Å².